The number of azo groups is 1. The van der Waals surface area contributed by atoms with Crippen LogP contribution in [0.1, 0.15) is 0 Å². The smallest absolute Gasteiger partial charge is 0.0863 e. The predicted molar refractivity (Wildman–Crippen MR) is 74.6 cm³/mol. The summed E-state index contributed by atoms with van der Waals surface area (Å²) >= 11 is 0. The van der Waals surface area contributed by atoms with Crippen molar-refractivity contribution in [3.8, 4) is 0 Å². The van der Waals surface area contributed by atoms with E-state index in [0.29, 0.717) is 0 Å². The molecule has 18 heavy (non-hydrogen) atoms. The summed E-state index contributed by atoms with van der Waals surface area (Å²) in [5.41, 5.74) is 1.74. The van der Waals surface area contributed by atoms with Gasteiger partial charge in [0, 0.05) is 0 Å². The van der Waals surface area contributed by atoms with Gasteiger partial charge in [0.15, 0.2) is 0 Å². The molecular formula is C16H12N2. The van der Waals surface area contributed by atoms with Crippen LogP contribution in [0.3, 0.4) is 0 Å². The molecule has 0 fully saturated rings. The second-order valence-corrected chi connectivity index (χ2v) is 4.07. The van der Waals surface area contributed by atoms with E-state index in [0.717, 1.165) is 11.4 Å². The van der Waals surface area contributed by atoms with E-state index in [1.165, 1.54) is 10.8 Å². The molecule has 0 aliphatic heterocycles. The zero-order valence-corrected chi connectivity index (χ0v) is 9.82. The summed E-state index contributed by atoms with van der Waals surface area (Å²) in [4.78, 5) is 0. The first-order valence-corrected chi connectivity index (χ1v) is 5.87. The van der Waals surface area contributed by atoms with Crippen LogP contribution in [0.25, 0.3) is 10.8 Å². The van der Waals surface area contributed by atoms with Crippen molar-refractivity contribution in [1.29, 1.82) is 0 Å². The van der Waals surface area contributed by atoms with Crippen molar-refractivity contribution < 1.29 is 0 Å². The first kappa shape index (κ1) is 10.7. The Bertz CT molecular complexity index is 688. The Morgan fingerprint density at radius 2 is 1.17 bits per heavy atom. The number of nitrogens with zero attached hydrogens (tertiary/aromatic N) is 2. The van der Waals surface area contributed by atoms with Gasteiger partial charge in [-0.25, -0.2) is 0 Å². The lowest BCUT2D eigenvalue weighted by molar-refractivity contribution is 1.23. The maximum absolute atomic E-state index is 4.25. The third-order valence-electron chi connectivity index (χ3n) is 2.77. The molecule has 3 rings (SSSR count). The van der Waals surface area contributed by atoms with E-state index in [4.69, 9.17) is 0 Å². The van der Waals surface area contributed by atoms with E-state index in [9.17, 15) is 0 Å². The van der Waals surface area contributed by atoms with E-state index in [2.05, 4.69) is 28.4 Å². The summed E-state index contributed by atoms with van der Waals surface area (Å²) in [6, 6.07) is 24.1. The molecule has 0 N–H and O–H groups in total. The van der Waals surface area contributed by atoms with Gasteiger partial charge in [-0.1, -0.05) is 48.5 Å². The van der Waals surface area contributed by atoms with Gasteiger partial charge in [0.25, 0.3) is 0 Å². The van der Waals surface area contributed by atoms with Gasteiger partial charge in [-0.3, -0.25) is 0 Å². The fourth-order valence-corrected chi connectivity index (χ4v) is 1.85. The maximum atomic E-state index is 4.25. The first-order valence-electron chi connectivity index (χ1n) is 5.87. The lowest BCUT2D eigenvalue weighted by Gasteiger charge is -1.98. The van der Waals surface area contributed by atoms with Crippen LogP contribution in [0.4, 0.5) is 11.4 Å². The minimum absolute atomic E-state index is 0.866. The van der Waals surface area contributed by atoms with Gasteiger partial charge in [0.05, 0.1) is 11.4 Å². The highest BCUT2D eigenvalue weighted by Crippen LogP contribution is 2.23. The molecule has 0 saturated carbocycles. The van der Waals surface area contributed by atoms with Crippen LogP contribution in [-0.2, 0) is 0 Å². The molecule has 0 unspecified atom stereocenters. The molecular weight excluding hydrogens is 220 g/mol. The minimum atomic E-state index is 0.866. The van der Waals surface area contributed by atoms with E-state index >= 15 is 0 Å². The van der Waals surface area contributed by atoms with E-state index in [1.54, 1.807) is 0 Å². The monoisotopic (exact) mass is 232 g/mol. The summed E-state index contributed by atoms with van der Waals surface area (Å²) in [5, 5.41) is 10.9. The van der Waals surface area contributed by atoms with Crippen LogP contribution in [0.2, 0.25) is 0 Å². The van der Waals surface area contributed by atoms with Crippen molar-refractivity contribution in [2.24, 2.45) is 10.2 Å². The normalized spacial score (nSPS) is 11.1. The summed E-state index contributed by atoms with van der Waals surface area (Å²) in [6.07, 6.45) is 0. The zero-order chi connectivity index (χ0) is 12.2. The Morgan fingerprint density at radius 1 is 0.500 bits per heavy atom. The lowest BCUT2D eigenvalue weighted by Crippen LogP contribution is -1.70. The molecule has 2 nitrogen and oxygen atoms in total. The van der Waals surface area contributed by atoms with E-state index in [1.807, 2.05) is 54.6 Å². The Morgan fingerprint density at radius 3 is 2.00 bits per heavy atom. The standard InChI is InChI=1S/C16H12N2/c1-2-8-15(9-3-1)17-18-16-11-10-13-6-4-5-7-14(13)12-16/h1-12H. The van der Waals surface area contributed by atoms with Gasteiger partial charge in [-0.15, -0.1) is 0 Å². The molecule has 86 valence electrons. The largest absolute Gasteiger partial charge is 0.151 e. The number of benzene rings is 3. The molecule has 0 bridgehead atoms. The van der Waals surface area contributed by atoms with Gasteiger partial charge in [0.2, 0.25) is 0 Å². The molecule has 0 saturated heterocycles. The fourth-order valence-electron chi connectivity index (χ4n) is 1.85. The molecule has 0 radical (unpaired) electrons. The first-order chi connectivity index (χ1) is 8.92. The lowest BCUT2D eigenvalue weighted by atomic mass is 10.1. The average Bonchev–Trinajstić information content (AvgIpc) is 2.46. The van der Waals surface area contributed by atoms with Crippen LogP contribution in [-0.4, -0.2) is 0 Å². The van der Waals surface area contributed by atoms with Crippen LogP contribution in [0.15, 0.2) is 83.0 Å². The Kier molecular flexibility index (Phi) is 2.84. The number of rotatable bonds is 2. The second-order valence-electron chi connectivity index (χ2n) is 4.07. The minimum Gasteiger partial charge on any atom is -0.151 e. The molecule has 0 atom stereocenters. The van der Waals surface area contributed by atoms with Crippen LogP contribution >= 0.6 is 0 Å². The summed E-state index contributed by atoms with van der Waals surface area (Å²) in [5.74, 6) is 0. The Hall–Kier alpha value is -2.48. The topological polar surface area (TPSA) is 24.7 Å². The molecule has 0 heterocycles. The molecule has 0 spiro atoms. The molecule has 0 aromatic heterocycles. The van der Waals surface area contributed by atoms with Crippen molar-refractivity contribution in [2.75, 3.05) is 0 Å². The van der Waals surface area contributed by atoms with Crippen molar-refractivity contribution >= 4 is 22.1 Å². The summed E-state index contributed by atoms with van der Waals surface area (Å²) < 4.78 is 0. The molecule has 3 aromatic carbocycles. The zero-order valence-electron chi connectivity index (χ0n) is 9.82. The van der Waals surface area contributed by atoms with Gasteiger partial charge in [-0.05, 0) is 35.0 Å². The molecule has 2 heteroatoms. The molecule has 3 aromatic rings. The highest BCUT2D eigenvalue weighted by Gasteiger charge is 1.94. The van der Waals surface area contributed by atoms with E-state index < -0.39 is 0 Å². The van der Waals surface area contributed by atoms with Crippen LogP contribution in [0, 0.1) is 0 Å². The van der Waals surface area contributed by atoms with Crippen LogP contribution in [0.5, 0.6) is 0 Å². The van der Waals surface area contributed by atoms with Crippen molar-refractivity contribution in [2.45, 2.75) is 0 Å². The Balaban J connectivity index is 1.93. The maximum Gasteiger partial charge on any atom is 0.0863 e. The quantitative estimate of drug-likeness (QED) is 0.539. The van der Waals surface area contributed by atoms with Crippen molar-refractivity contribution in [3.63, 3.8) is 0 Å². The molecule has 0 aliphatic carbocycles. The summed E-state index contributed by atoms with van der Waals surface area (Å²) in [6.45, 7) is 0. The van der Waals surface area contributed by atoms with E-state index in [-0.39, 0.29) is 0 Å². The summed E-state index contributed by atoms with van der Waals surface area (Å²) in [7, 11) is 0. The predicted octanol–water partition coefficient (Wildman–Crippen LogP) is 5.26. The SMILES string of the molecule is c1ccc(N=Nc2ccc3ccccc3c2)cc1. The average molecular weight is 232 g/mol. The molecule has 0 amide bonds. The van der Waals surface area contributed by atoms with Crippen LogP contribution < -0.4 is 0 Å². The third kappa shape index (κ3) is 2.28. The third-order valence-corrected chi connectivity index (χ3v) is 2.77. The highest BCUT2D eigenvalue weighted by atomic mass is 15.1. The van der Waals surface area contributed by atoms with Gasteiger partial charge < -0.3 is 0 Å². The second kappa shape index (κ2) is 4.80. The molecule has 0 aliphatic rings. The number of fused-ring (bicyclic) bond motifs is 1. The van der Waals surface area contributed by atoms with Gasteiger partial charge in [0.1, 0.15) is 0 Å². The number of hydrogen-bond acceptors (Lipinski definition) is 2. The van der Waals surface area contributed by atoms with Gasteiger partial charge >= 0.3 is 0 Å². The van der Waals surface area contributed by atoms with Crippen molar-refractivity contribution in [1.82, 2.24) is 0 Å². The Labute approximate surface area is 106 Å². The van der Waals surface area contributed by atoms with Crippen molar-refractivity contribution in [3.05, 3.63) is 72.8 Å². The highest BCUT2D eigenvalue weighted by molar-refractivity contribution is 5.85. The number of hydrogen-bond donors (Lipinski definition) is 0. The fraction of sp³-hybridized carbons (Fsp3) is 0. The van der Waals surface area contributed by atoms with Gasteiger partial charge in [-0.2, -0.15) is 10.2 Å².